The molecule has 0 bridgehead atoms. The zero-order valence-electron chi connectivity index (χ0n) is 19.3. The van der Waals surface area contributed by atoms with Crippen LogP contribution in [-0.4, -0.2) is 26.0 Å². The van der Waals surface area contributed by atoms with Crippen LogP contribution in [0.15, 0.2) is 79.1 Å². The van der Waals surface area contributed by atoms with Crippen molar-refractivity contribution in [1.29, 1.82) is 0 Å². The molecule has 0 fully saturated rings. The molecule has 0 aliphatic rings. The van der Waals surface area contributed by atoms with Gasteiger partial charge in [0.25, 0.3) is 0 Å². The van der Waals surface area contributed by atoms with Crippen molar-refractivity contribution >= 4 is 17.5 Å². The maximum Gasteiger partial charge on any atom is 0.313 e. The Balaban J connectivity index is 1.60. The molecule has 34 heavy (non-hydrogen) atoms. The van der Waals surface area contributed by atoms with Crippen molar-refractivity contribution in [3.05, 3.63) is 90.4 Å². The largest absolute Gasteiger partial charge is 0.481 e. The topological polar surface area (TPSA) is 97.2 Å². The standard InChI is InChI=1S/C27H26N4O3/c1-4-19-11-12-23(25(31-19)22-10-5-6-14-28-22)34-21-13-15-29-24(17-21)30-20-9-7-8-18(16-20)27(2,3)26(32)33/h5-17H,4H2,1-3H3,(H,29,30)(H,32,33). The molecule has 0 spiro atoms. The van der Waals surface area contributed by atoms with Crippen LogP contribution in [0.4, 0.5) is 11.5 Å². The monoisotopic (exact) mass is 454 g/mol. The van der Waals surface area contributed by atoms with Gasteiger partial charge in [0, 0.05) is 29.8 Å². The molecule has 0 saturated heterocycles. The normalized spacial score (nSPS) is 11.1. The third kappa shape index (κ3) is 5.04. The Labute approximate surface area is 198 Å². The number of carbonyl (C=O) groups is 1. The van der Waals surface area contributed by atoms with Crippen LogP contribution in [0.25, 0.3) is 11.4 Å². The number of nitrogens with zero attached hydrogens (tertiary/aromatic N) is 3. The summed E-state index contributed by atoms with van der Waals surface area (Å²) in [5.74, 6) is 0.867. The van der Waals surface area contributed by atoms with Gasteiger partial charge in [0.2, 0.25) is 0 Å². The van der Waals surface area contributed by atoms with Crippen LogP contribution in [0, 0.1) is 0 Å². The molecule has 0 amide bonds. The van der Waals surface area contributed by atoms with E-state index in [9.17, 15) is 9.90 Å². The highest BCUT2D eigenvalue weighted by atomic mass is 16.5. The Bertz CT molecular complexity index is 1310. The van der Waals surface area contributed by atoms with Gasteiger partial charge in [0.05, 0.1) is 11.1 Å². The van der Waals surface area contributed by atoms with Crippen molar-refractivity contribution in [2.24, 2.45) is 0 Å². The van der Waals surface area contributed by atoms with Gasteiger partial charge in [-0.3, -0.25) is 9.78 Å². The van der Waals surface area contributed by atoms with Gasteiger partial charge < -0.3 is 15.2 Å². The molecule has 3 heterocycles. The number of aryl methyl sites for hydroxylation is 1. The molecule has 0 aliphatic carbocycles. The van der Waals surface area contributed by atoms with Crippen LogP contribution in [0.1, 0.15) is 32.0 Å². The molecule has 0 atom stereocenters. The number of aliphatic carboxylic acids is 1. The quantitative estimate of drug-likeness (QED) is 0.337. The minimum absolute atomic E-state index is 0.570. The van der Waals surface area contributed by atoms with E-state index in [4.69, 9.17) is 9.72 Å². The van der Waals surface area contributed by atoms with E-state index in [2.05, 4.69) is 22.2 Å². The van der Waals surface area contributed by atoms with Gasteiger partial charge in [-0.05, 0) is 68.3 Å². The number of hydrogen-bond donors (Lipinski definition) is 2. The van der Waals surface area contributed by atoms with Crippen LogP contribution in [0.2, 0.25) is 0 Å². The van der Waals surface area contributed by atoms with Crippen molar-refractivity contribution < 1.29 is 14.6 Å². The summed E-state index contributed by atoms with van der Waals surface area (Å²) < 4.78 is 6.19. The van der Waals surface area contributed by atoms with E-state index >= 15 is 0 Å². The fourth-order valence-corrected chi connectivity index (χ4v) is 3.38. The molecule has 0 radical (unpaired) electrons. The van der Waals surface area contributed by atoms with E-state index < -0.39 is 11.4 Å². The lowest BCUT2D eigenvalue weighted by atomic mass is 9.84. The Morgan fingerprint density at radius 1 is 1.00 bits per heavy atom. The fraction of sp³-hybridized carbons (Fsp3) is 0.185. The Morgan fingerprint density at radius 2 is 1.85 bits per heavy atom. The summed E-state index contributed by atoms with van der Waals surface area (Å²) in [6, 6.07) is 20.4. The number of rotatable bonds is 8. The average Bonchev–Trinajstić information content (AvgIpc) is 2.85. The van der Waals surface area contributed by atoms with Gasteiger partial charge in [-0.1, -0.05) is 25.1 Å². The molecule has 0 aliphatic heterocycles. The molecule has 7 nitrogen and oxygen atoms in total. The Morgan fingerprint density at radius 3 is 2.59 bits per heavy atom. The minimum Gasteiger partial charge on any atom is -0.481 e. The van der Waals surface area contributed by atoms with Crippen LogP contribution in [0.3, 0.4) is 0 Å². The fourth-order valence-electron chi connectivity index (χ4n) is 3.38. The molecule has 0 saturated carbocycles. The minimum atomic E-state index is -1.00. The van der Waals surface area contributed by atoms with Crippen molar-refractivity contribution in [3.8, 4) is 22.9 Å². The second-order valence-corrected chi connectivity index (χ2v) is 8.33. The zero-order valence-corrected chi connectivity index (χ0v) is 19.3. The Hall–Kier alpha value is -4.26. The van der Waals surface area contributed by atoms with Crippen LogP contribution in [-0.2, 0) is 16.6 Å². The van der Waals surface area contributed by atoms with Gasteiger partial charge in [-0.15, -0.1) is 0 Å². The van der Waals surface area contributed by atoms with E-state index in [-0.39, 0.29) is 0 Å². The maximum absolute atomic E-state index is 11.6. The number of carboxylic acid groups (broad SMARTS) is 1. The number of ether oxygens (including phenoxy) is 1. The molecule has 2 N–H and O–H groups in total. The molecule has 4 rings (SSSR count). The molecule has 4 aromatic rings. The van der Waals surface area contributed by atoms with Crippen LogP contribution in [0.5, 0.6) is 11.5 Å². The number of pyridine rings is 3. The van der Waals surface area contributed by atoms with E-state index in [1.807, 2.05) is 48.5 Å². The first-order chi connectivity index (χ1) is 16.4. The third-order valence-electron chi connectivity index (χ3n) is 5.54. The third-order valence-corrected chi connectivity index (χ3v) is 5.54. The lowest BCUT2D eigenvalue weighted by molar-refractivity contribution is -0.142. The van der Waals surface area contributed by atoms with Gasteiger partial charge in [0.1, 0.15) is 17.3 Å². The smallest absolute Gasteiger partial charge is 0.313 e. The number of nitrogens with one attached hydrogen (secondary N) is 1. The second-order valence-electron chi connectivity index (χ2n) is 8.33. The average molecular weight is 455 g/mol. The molecule has 0 unspecified atom stereocenters. The van der Waals surface area contributed by atoms with Crippen molar-refractivity contribution in [3.63, 3.8) is 0 Å². The summed E-state index contributed by atoms with van der Waals surface area (Å²) in [5, 5.41) is 12.8. The molecule has 3 aromatic heterocycles. The molecular weight excluding hydrogens is 428 g/mol. The van der Waals surface area contributed by atoms with Crippen molar-refractivity contribution in [2.75, 3.05) is 5.32 Å². The lowest BCUT2D eigenvalue weighted by Crippen LogP contribution is -2.28. The van der Waals surface area contributed by atoms with Crippen molar-refractivity contribution in [1.82, 2.24) is 15.0 Å². The first kappa shape index (κ1) is 22.9. The van der Waals surface area contributed by atoms with Crippen LogP contribution >= 0.6 is 0 Å². The molecule has 172 valence electrons. The van der Waals surface area contributed by atoms with Gasteiger partial charge >= 0.3 is 5.97 Å². The van der Waals surface area contributed by atoms with Crippen LogP contribution < -0.4 is 10.1 Å². The highest BCUT2D eigenvalue weighted by Crippen LogP contribution is 2.32. The lowest BCUT2D eigenvalue weighted by Gasteiger charge is -2.20. The predicted octanol–water partition coefficient (Wildman–Crippen LogP) is 6.00. The summed E-state index contributed by atoms with van der Waals surface area (Å²) in [7, 11) is 0. The summed E-state index contributed by atoms with van der Waals surface area (Å²) in [6.07, 6.45) is 4.19. The summed E-state index contributed by atoms with van der Waals surface area (Å²) in [5.41, 5.74) is 2.79. The number of anilines is 2. The summed E-state index contributed by atoms with van der Waals surface area (Å²) in [6.45, 7) is 5.41. The predicted molar refractivity (Wildman–Crippen MR) is 132 cm³/mol. The summed E-state index contributed by atoms with van der Waals surface area (Å²) in [4.78, 5) is 25.2. The van der Waals surface area contributed by atoms with E-state index in [1.165, 1.54) is 0 Å². The second kappa shape index (κ2) is 9.70. The first-order valence-corrected chi connectivity index (χ1v) is 11.0. The SMILES string of the molecule is CCc1ccc(Oc2ccnc(Nc3cccc(C(C)(C)C(=O)O)c3)c2)c(-c2ccccn2)n1. The van der Waals surface area contributed by atoms with E-state index in [0.29, 0.717) is 28.6 Å². The van der Waals surface area contributed by atoms with Gasteiger partial charge in [-0.25, -0.2) is 9.97 Å². The highest BCUT2D eigenvalue weighted by molar-refractivity contribution is 5.81. The zero-order chi connectivity index (χ0) is 24.1. The van der Waals surface area contributed by atoms with Gasteiger partial charge in [-0.2, -0.15) is 0 Å². The molecule has 7 heteroatoms. The molecular formula is C27H26N4O3. The van der Waals surface area contributed by atoms with E-state index in [0.717, 1.165) is 23.5 Å². The number of aromatic nitrogens is 3. The van der Waals surface area contributed by atoms with Crippen molar-refractivity contribution in [2.45, 2.75) is 32.6 Å². The summed E-state index contributed by atoms with van der Waals surface area (Å²) >= 11 is 0. The maximum atomic E-state index is 11.6. The Kier molecular flexibility index (Phi) is 6.54. The molecule has 1 aromatic carbocycles. The van der Waals surface area contributed by atoms with E-state index in [1.54, 1.807) is 44.4 Å². The first-order valence-electron chi connectivity index (χ1n) is 11.0. The highest BCUT2D eigenvalue weighted by Gasteiger charge is 2.29. The van der Waals surface area contributed by atoms with Gasteiger partial charge in [0.15, 0.2) is 5.75 Å². The number of carboxylic acids is 1. The number of hydrogen-bond acceptors (Lipinski definition) is 6. The number of benzene rings is 1.